The number of benzene rings is 1. The highest BCUT2D eigenvalue weighted by molar-refractivity contribution is 7.80. The molecule has 0 aromatic heterocycles. The Morgan fingerprint density at radius 1 is 1.24 bits per heavy atom. The van der Waals surface area contributed by atoms with Crippen LogP contribution < -0.4 is 11.5 Å². The fraction of sp³-hybridized carbons (Fsp3) is 0.462. The summed E-state index contributed by atoms with van der Waals surface area (Å²) in [7, 11) is 0. The smallest absolute Gasteiger partial charge is 0.193 e. The van der Waals surface area contributed by atoms with Gasteiger partial charge >= 0.3 is 0 Å². The van der Waals surface area contributed by atoms with E-state index >= 15 is 0 Å². The predicted octanol–water partition coefficient (Wildman–Crippen LogP) is 3.12. The van der Waals surface area contributed by atoms with Crippen molar-refractivity contribution in [1.82, 2.24) is 0 Å². The first-order valence-electron chi connectivity index (χ1n) is 5.97. The summed E-state index contributed by atoms with van der Waals surface area (Å²) < 4.78 is 5.51. The molecule has 0 heterocycles. The molecule has 0 fully saturated rings. The highest BCUT2D eigenvalue weighted by atomic mass is 32.1. The number of thiocarbonyl (C=S) groups is 1. The van der Waals surface area contributed by atoms with Gasteiger partial charge in [-0.2, -0.15) is 0 Å². The van der Waals surface area contributed by atoms with Gasteiger partial charge in [-0.15, -0.1) is 0 Å². The summed E-state index contributed by atoms with van der Waals surface area (Å²) in [5, 5.41) is 0.457. The molecular weight excluding hydrogens is 232 g/mol. The number of anilines is 2. The van der Waals surface area contributed by atoms with Crippen molar-refractivity contribution in [3.05, 3.63) is 23.8 Å². The zero-order valence-electron chi connectivity index (χ0n) is 10.2. The fourth-order valence-electron chi connectivity index (χ4n) is 1.54. The summed E-state index contributed by atoms with van der Waals surface area (Å²) in [6, 6.07) is 5.28. The van der Waals surface area contributed by atoms with Crippen LogP contribution in [0.3, 0.4) is 0 Å². The second kappa shape index (κ2) is 7.12. The molecule has 0 bridgehead atoms. The summed E-state index contributed by atoms with van der Waals surface area (Å²) in [6.45, 7) is 2.84. The number of nitrogens with two attached hydrogens (primary N) is 2. The minimum Gasteiger partial charge on any atom is -0.483 e. The van der Waals surface area contributed by atoms with Gasteiger partial charge in [-0.3, -0.25) is 0 Å². The lowest BCUT2D eigenvalue weighted by molar-refractivity contribution is 0.301. The molecule has 3 nitrogen and oxygen atoms in total. The van der Waals surface area contributed by atoms with Gasteiger partial charge in [-0.05, 0) is 36.8 Å². The van der Waals surface area contributed by atoms with Crippen molar-refractivity contribution in [2.75, 3.05) is 18.1 Å². The molecule has 0 aliphatic rings. The molecule has 0 atom stereocenters. The zero-order valence-corrected chi connectivity index (χ0v) is 11.1. The van der Waals surface area contributed by atoms with Gasteiger partial charge in [0.2, 0.25) is 0 Å². The Kier molecular flexibility index (Phi) is 5.77. The number of hydrogen-bond donors (Lipinski definition) is 2. The molecule has 0 radical (unpaired) electrons. The minimum absolute atomic E-state index is 0.457. The molecule has 4 heteroatoms. The van der Waals surface area contributed by atoms with Crippen LogP contribution in [0, 0.1) is 0 Å². The van der Waals surface area contributed by atoms with Crippen LogP contribution >= 0.6 is 12.2 Å². The zero-order chi connectivity index (χ0) is 12.7. The second-order valence-corrected chi connectivity index (χ2v) is 4.41. The van der Waals surface area contributed by atoms with E-state index < -0.39 is 0 Å². The lowest BCUT2D eigenvalue weighted by Crippen LogP contribution is -2.08. The molecule has 17 heavy (non-hydrogen) atoms. The van der Waals surface area contributed by atoms with Crippen molar-refractivity contribution in [3.8, 4) is 0 Å². The molecule has 4 N–H and O–H groups in total. The largest absolute Gasteiger partial charge is 0.483 e. The molecular formula is C13H20N2OS. The second-order valence-electron chi connectivity index (χ2n) is 4.04. The van der Waals surface area contributed by atoms with Crippen molar-refractivity contribution >= 4 is 28.6 Å². The van der Waals surface area contributed by atoms with Crippen LogP contribution in [0.2, 0.25) is 0 Å². The van der Waals surface area contributed by atoms with Crippen LogP contribution in [-0.2, 0) is 4.74 Å². The number of unbranched alkanes of at least 4 members (excludes halogenated alkanes) is 3. The quantitative estimate of drug-likeness (QED) is 0.464. The maximum Gasteiger partial charge on any atom is 0.193 e. The van der Waals surface area contributed by atoms with Crippen molar-refractivity contribution in [3.63, 3.8) is 0 Å². The summed E-state index contributed by atoms with van der Waals surface area (Å²) in [5.41, 5.74) is 13.4. The van der Waals surface area contributed by atoms with E-state index in [1.54, 1.807) is 18.2 Å². The molecule has 94 valence electrons. The van der Waals surface area contributed by atoms with E-state index in [1.807, 2.05) is 0 Å². The molecule has 1 rings (SSSR count). The Morgan fingerprint density at radius 3 is 2.65 bits per heavy atom. The van der Waals surface area contributed by atoms with Crippen LogP contribution in [-0.4, -0.2) is 11.7 Å². The van der Waals surface area contributed by atoms with Crippen molar-refractivity contribution in [2.45, 2.75) is 32.6 Å². The van der Waals surface area contributed by atoms with E-state index in [2.05, 4.69) is 6.92 Å². The van der Waals surface area contributed by atoms with Crippen molar-refractivity contribution in [1.29, 1.82) is 0 Å². The lowest BCUT2D eigenvalue weighted by Gasteiger charge is -2.10. The Balaban J connectivity index is 2.42. The normalized spacial score (nSPS) is 10.2. The predicted molar refractivity (Wildman–Crippen MR) is 77.1 cm³/mol. The average Bonchev–Trinajstić information content (AvgIpc) is 2.28. The van der Waals surface area contributed by atoms with Crippen LogP contribution in [0.4, 0.5) is 11.4 Å². The average molecular weight is 252 g/mol. The standard InChI is InChI=1S/C13H20N2OS/c1-2-3-4-5-8-16-13(17)11-7-6-10(14)9-12(11)15/h6-7,9H,2-5,8,14-15H2,1H3. The lowest BCUT2D eigenvalue weighted by atomic mass is 10.1. The van der Waals surface area contributed by atoms with Crippen LogP contribution in [0.5, 0.6) is 0 Å². The first-order valence-corrected chi connectivity index (χ1v) is 6.38. The molecule has 0 amide bonds. The van der Waals surface area contributed by atoms with Crippen LogP contribution in [0.25, 0.3) is 0 Å². The van der Waals surface area contributed by atoms with Crippen LogP contribution in [0.1, 0.15) is 38.2 Å². The maximum absolute atomic E-state index is 5.83. The molecule has 1 aromatic carbocycles. The topological polar surface area (TPSA) is 61.3 Å². The first kappa shape index (κ1) is 13.8. The van der Waals surface area contributed by atoms with Gasteiger partial charge in [0.05, 0.1) is 12.2 Å². The SMILES string of the molecule is CCCCCCOC(=S)c1ccc(N)cc1N. The maximum atomic E-state index is 5.83. The third kappa shape index (κ3) is 4.61. The molecule has 0 spiro atoms. The minimum atomic E-state index is 0.457. The van der Waals surface area contributed by atoms with Gasteiger partial charge in [-0.1, -0.05) is 26.2 Å². The molecule has 0 aliphatic carbocycles. The number of ether oxygens (including phenoxy) is 1. The first-order chi connectivity index (χ1) is 8.15. The van der Waals surface area contributed by atoms with E-state index in [1.165, 1.54) is 19.3 Å². The molecule has 0 unspecified atom stereocenters. The number of hydrogen-bond acceptors (Lipinski definition) is 4. The fourth-order valence-corrected chi connectivity index (χ4v) is 1.81. The van der Waals surface area contributed by atoms with Gasteiger partial charge in [-0.25, -0.2) is 0 Å². The van der Waals surface area contributed by atoms with E-state index in [-0.39, 0.29) is 0 Å². The van der Waals surface area contributed by atoms with E-state index in [4.69, 9.17) is 28.4 Å². The summed E-state index contributed by atoms with van der Waals surface area (Å²) >= 11 is 5.19. The van der Waals surface area contributed by atoms with Gasteiger partial charge in [0.15, 0.2) is 5.05 Å². The molecule has 0 saturated carbocycles. The number of rotatable bonds is 6. The highest BCUT2D eigenvalue weighted by Crippen LogP contribution is 2.17. The van der Waals surface area contributed by atoms with Gasteiger partial charge < -0.3 is 16.2 Å². The van der Waals surface area contributed by atoms with Crippen molar-refractivity contribution in [2.24, 2.45) is 0 Å². The van der Waals surface area contributed by atoms with Crippen LogP contribution in [0.15, 0.2) is 18.2 Å². The van der Waals surface area contributed by atoms with E-state index in [9.17, 15) is 0 Å². The molecule has 1 aromatic rings. The Bertz CT molecular complexity index is 380. The van der Waals surface area contributed by atoms with Gasteiger partial charge in [0.25, 0.3) is 0 Å². The molecule has 0 aliphatic heterocycles. The third-order valence-electron chi connectivity index (χ3n) is 2.53. The van der Waals surface area contributed by atoms with E-state index in [0.29, 0.717) is 23.0 Å². The Morgan fingerprint density at radius 2 is 2.00 bits per heavy atom. The summed E-state index contributed by atoms with van der Waals surface area (Å²) in [6.07, 6.45) is 4.66. The Labute approximate surface area is 108 Å². The molecule has 0 saturated heterocycles. The third-order valence-corrected chi connectivity index (χ3v) is 2.86. The summed E-state index contributed by atoms with van der Waals surface area (Å²) in [4.78, 5) is 0. The van der Waals surface area contributed by atoms with E-state index in [0.717, 1.165) is 12.0 Å². The Hall–Kier alpha value is -1.29. The summed E-state index contributed by atoms with van der Waals surface area (Å²) in [5.74, 6) is 0. The number of nitrogen functional groups attached to an aromatic ring is 2. The monoisotopic (exact) mass is 252 g/mol. The highest BCUT2D eigenvalue weighted by Gasteiger charge is 2.06. The van der Waals surface area contributed by atoms with Crippen molar-refractivity contribution < 1.29 is 4.74 Å². The van der Waals surface area contributed by atoms with Gasteiger partial charge in [0.1, 0.15) is 0 Å². The van der Waals surface area contributed by atoms with Gasteiger partial charge in [0, 0.05) is 11.4 Å².